The van der Waals surface area contributed by atoms with Gasteiger partial charge in [-0.2, -0.15) is 0 Å². The molecule has 4 amide bonds. The topological polar surface area (TPSA) is 274 Å². The van der Waals surface area contributed by atoms with Crippen LogP contribution in [0.5, 0.6) is 0 Å². The van der Waals surface area contributed by atoms with Gasteiger partial charge in [0.1, 0.15) is 41.0 Å². The third-order valence-electron chi connectivity index (χ3n) is 14.5. The summed E-state index contributed by atoms with van der Waals surface area (Å²) in [7, 11) is 0. The lowest BCUT2D eigenvalue weighted by Crippen LogP contribution is -2.46. The van der Waals surface area contributed by atoms with Crippen molar-refractivity contribution in [3.8, 4) is 0 Å². The van der Waals surface area contributed by atoms with Crippen molar-refractivity contribution in [1.29, 1.82) is 0 Å². The maximum absolute atomic E-state index is 13.6. The molecule has 6 rings (SSSR count). The van der Waals surface area contributed by atoms with Gasteiger partial charge in [-0.1, -0.05) is 75.1 Å². The summed E-state index contributed by atoms with van der Waals surface area (Å²) in [4.78, 5) is 116. The molecule has 0 aliphatic heterocycles. The Hall–Kier alpha value is -7.09. The molecule has 434 valence electrons. The fraction of sp³-hybridized carbons (Fsp3) is 0.550. The number of hydrogen-bond acceptors (Lipinski definition) is 14. The van der Waals surface area contributed by atoms with Crippen molar-refractivity contribution >= 4 is 53.0 Å². The van der Waals surface area contributed by atoms with Crippen molar-refractivity contribution in [2.75, 3.05) is 6.61 Å². The maximum atomic E-state index is 13.6. The van der Waals surface area contributed by atoms with Gasteiger partial charge in [0.2, 0.25) is 11.8 Å². The molecule has 5 N–H and O–H groups in total. The van der Waals surface area contributed by atoms with E-state index in [1.54, 1.807) is 26.0 Å². The molecule has 20 heteroatoms. The average molecular weight is 1110 g/mol. The van der Waals surface area contributed by atoms with Crippen LogP contribution in [0.4, 0.5) is 8.78 Å². The van der Waals surface area contributed by atoms with Crippen LogP contribution in [0, 0.1) is 61.0 Å². The third kappa shape index (κ3) is 20.9. The molecule has 2 aromatic heterocycles. The Kier molecular flexibility index (Phi) is 25.2. The van der Waals surface area contributed by atoms with E-state index in [1.807, 2.05) is 27.7 Å². The monoisotopic (exact) mass is 1110 g/mol. The van der Waals surface area contributed by atoms with Gasteiger partial charge in [-0.25, -0.2) is 8.78 Å². The highest BCUT2D eigenvalue weighted by atomic mass is 19.1. The number of nitrogens with zero attached hydrogens (tertiary/aromatic N) is 2. The summed E-state index contributed by atoms with van der Waals surface area (Å²) < 4.78 is 36.9. The van der Waals surface area contributed by atoms with Gasteiger partial charge < -0.3 is 40.2 Å². The highest BCUT2D eigenvalue weighted by molar-refractivity contribution is 5.99. The van der Waals surface area contributed by atoms with Gasteiger partial charge in [0.05, 0.1) is 30.8 Å². The van der Waals surface area contributed by atoms with Crippen LogP contribution in [0.25, 0.3) is 0 Å². The Morgan fingerprint density at radius 3 is 1.40 bits per heavy atom. The first-order chi connectivity index (χ1) is 38.1. The van der Waals surface area contributed by atoms with Crippen molar-refractivity contribution in [3.63, 3.8) is 0 Å². The predicted octanol–water partition coefficient (Wildman–Crippen LogP) is 7.63. The molecule has 2 aliphatic carbocycles. The van der Waals surface area contributed by atoms with E-state index < -0.39 is 65.4 Å². The number of halogens is 2. The minimum absolute atomic E-state index is 0.0111. The van der Waals surface area contributed by atoms with E-state index in [-0.39, 0.29) is 103 Å². The van der Waals surface area contributed by atoms with Crippen molar-refractivity contribution in [1.82, 2.24) is 31.6 Å². The third-order valence-corrected chi connectivity index (χ3v) is 14.5. The van der Waals surface area contributed by atoms with Crippen LogP contribution in [0.3, 0.4) is 0 Å². The van der Waals surface area contributed by atoms with Crippen molar-refractivity contribution < 1.29 is 66.1 Å². The molecule has 80 heavy (non-hydrogen) atoms. The number of aliphatic hydroxyl groups is 1. The minimum Gasteiger partial charge on any atom is -0.394 e. The van der Waals surface area contributed by atoms with Crippen molar-refractivity contribution in [2.45, 2.75) is 168 Å². The summed E-state index contributed by atoms with van der Waals surface area (Å²) in [5, 5.41) is 28.4. The number of Topliss-reactive ketones (excluding diaryl/α,β-unsaturated/α-hetero) is 4. The van der Waals surface area contributed by atoms with Gasteiger partial charge in [-0.15, -0.1) is 0 Å². The second-order valence-corrected chi connectivity index (χ2v) is 22.3. The molecule has 0 radical (unpaired) electrons. The number of carbonyl (C=O) groups excluding carboxylic acids is 9. The SMILES string of the molecule is Cc1cc(C(=O)N[C@@H](Cc2ccc(F)cc2)C(=O)C[C@@H](CC(C)C)C(=O)N[C@H](C=O)C[C@@H]2CCCCC2=O)no1.Cc1cc(C(=O)N[C@@H](Cc2ccc(F)cc2)C(=O)C[C@@H](CC(C)C)C(=O)N[C@H](CO)C[C@@H]2CCCCC2=O)no1. The van der Waals surface area contributed by atoms with Crippen molar-refractivity contribution in [3.05, 3.63) is 106 Å². The summed E-state index contributed by atoms with van der Waals surface area (Å²) in [5.74, 6) is -4.21. The molecule has 0 unspecified atom stereocenters. The summed E-state index contributed by atoms with van der Waals surface area (Å²) in [6.45, 7) is 10.7. The summed E-state index contributed by atoms with van der Waals surface area (Å²) >= 11 is 0. The maximum Gasteiger partial charge on any atom is 0.274 e. The molecule has 18 nitrogen and oxygen atoms in total. The zero-order valence-electron chi connectivity index (χ0n) is 46.7. The number of carbonyl (C=O) groups is 9. The molecule has 4 aromatic rings. The standard InChI is InChI=1S/C30H40FN3O6.C30H38FN3O6/c2*1-18(2)12-22(29(38)32-24(17-35)15-21-6-4-5-7-27(21)36)16-28(37)25(14-20-8-10-23(31)11-9-20)33-30(39)26-13-19(3)40-34-26/h8-11,13,18,21-22,24-25,35H,4-7,12,14-17H2,1-3H3,(H,32,38)(H,33,39);8-11,13,17-18,21-22,24-25H,4-7,12,14-16H2,1-3H3,(H,32,38)(H,33,39)/t2*21-,22+,24-,25-/m00/s1. The van der Waals surface area contributed by atoms with Gasteiger partial charge in [-0.05, 0) is 125 Å². The number of amides is 4. The predicted molar refractivity (Wildman–Crippen MR) is 291 cm³/mol. The van der Waals surface area contributed by atoms with Crippen LogP contribution in [-0.2, 0) is 46.4 Å². The first-order valence-corrected chi connectivity index (χ1v) is 27.9. The van der Waals surface area contributed by atoms with E-state index in [1.165, 1.54) is 48.5 Å². The molecule has 0 saturated heterocycles. The highest BCUT2D eigenvalue weighted by Crippen LogP contribution is 2.27. The molecular formula is C60H78F2N6O12. The highest BCUT2D eigenvalue weighted by Gasteiger charge is 2.34. The number of aldehydes is 1. The number of benzene rings is 2. The normalized spacial score (nSPS) is 17.7. The van der Waals surface area contributed by atoms with E-state index in [9.17, 15) is 57.0 Å². The zero-order valence-corrected chi connectivity index (χ0v) is 46.7. The van der Waals surface area contributed by atoms with E-state index in [4.69, 9.17) is 9.05 Å². The fourth-order valence-electron chi connectivity index (χ4n) is 10.3. The van der Waals surface area contributed by atoms with Crippen molar-refractivity contribution in [2.24, 2.45) is 35.5 Å². The number of aromatic nitrogens is 2. The number of nitrogens with one attached hydrogen (secondary N) is 4. The second-order valence-electron chi connectivity index (χ2n) is 22.3. The van der Waals surface area contributed by atoms with Crippen LogP contribution in [0.1, 0.15) is 161 Å². The van der Waals surface area contributed by atoms with E-state index >= 15 is 0 Å². The lowest BCUT2D eigenvalue weighted by Gasteiger charge is -2.27. The average Bonchev–Trinajstić information content (AvgIpc) is 4.07. The Morgan fingerprint density at radius 2 is 1.04 bits per heavy atom. The lowest BCUT2D eigenvalue weighted by molar-refractivity contribution is -0.132. The molecule has 2 heterocycles. The van der Waals surface area contributed by atoms with Gasteiger partial charge >= 0.3 is 0 Å². The largest absolute Gasteiger partial charge is 0.394 e. The van der Waals surface area contributed by atoms with Gasteiger partial charge in [0.25, 0.3) is 11.8 Å². The van der Waals surface area contributed by atoms with Crippen LogP contribution in [-0.4, -0.2) is 99.2 Å². The molecule has 2 aliphatic rings. The molecule has 0 spiro atoms. The number of rotatable bonds is 28. The Morgan fingerprint density at radius 1 is 0.625 bits per heavy atom. The summed E-state index contributed by atoms with van der Waals surface area (Å²) in [6.07, 6.45) is 7.94. The van der Waals surface area contributed by atoms with Crippen LogP contribution in [0.2, 0.25) is 0 Å². The van der Waals surface area contributed by atoms with Gasteiger partial charge in [0, 0.05) is 61.5 Å². The Balaban J connectivity index is 0.000000294. The van der Waals surface area contributed by atoms with Gasteiger partial charge in [0.15, 0.2) is 23.0 Å². The molecule has 2 fully saturated rings. The number of ketones is 4. The number of aliphatic hydroxyl groups excluding tert-OH is 1. The number of hydrogen-bond donors (Lipinski definition) is 5. The Labute approximate surface area is 466 Å². The molecule has 2 saturated carbocycles. The molecule has 8 atom stereocenters. The molecule has 0 bridgehead atoms. The summed E-state index contributed by atoms with van der Waals surface area (Å²) in [5.41, 5.74) is 1.30. The lowest BCUT2D eigenvalue weighted by atomic mass is 9.83. The van der Waals surface area contributed by atoms with Gasteiger partial charge in [-0.3, -0.25) is 38.4 Å². The minimum atomic E-state index is -1.01. The molecule has 2 aromatic carbocycles. The fourth-order valence-corrected chi connectivity index (χ4v) is 10.3. The quantitative estimate of drug-likeness (QED) is 0.0342. The molecular weight excluding hydrogens is 1030 g/mol. The van der Waals surface area contributed by atoms with E-state index in [0.29, 0.717) is 67.5 Å². The smallest absolute Gasteiger partial charge is 0.274 e. The van der Waals surface area contributed by atoms with Crippen LogP contribution < -0.4 is 21.3 Å². The number of aryl methyl sites for hydroxylation is 2. The first kappa shape index (κ1) is 63.7. The Bertz CT molecular complexity index is 2720. The van der Waals surface area contributed by atoms with Crippen LogP contribution >= 0.6 is 0 Å². The summed E-state index contributed by atoms with van der Waals surface area (Å²) in [6, 6.07) is 10.7. The zero-order chi connectivity index (χ0) is 58.5. The van der Waals surface area contributed by atoms with E-state index in [0.717, 1.165) is 32.1 Å². The second kappa shape index (κ2) is 31.6. The first-order valence-electron chi connectivity index (χ1n) is 27.9. The van der Waals surface area contributed by atoms with E-state index in [2.05, 4.69) is 31.6 Å². The van der Waals surface area contributed by atoms with Crippen LogP contribution in [0.15, 0.2) is 69.7 Å².